The number of nitrogens with zero attached hydrogens (tertiary/aromatic N) is 3. The first-order chi connectivity index (χ1) is 11.2. The molecule has 23 heavy (non-hydrogen) atoms. The molecule has 2 aliphatic rings. The van der Waals surface area contributed by atoms with Crippen LogP contribution >= 0.6 is 0 Å². The lowest BCUT2D eigenvalue weighted by atomic mass is 9.84. The van der Waals surface area contributed by atoms with Gasteiger partial charge in [-0.25, -0.2) is 0 Å². The summed E-state index contributed by atoms with van der Waals surface area (Å²) in [6, 6.07) is 0. The van der Waals surface area contributed by atoms with Gasteiger partial charge in [-0.1, -0.05) is 12.5 Å². The molecule has 2 fully saturated rings. The number of piperidine rings is 2. The van der Waals surface area contributed by atoms with Crippen molar-refractivity contribution >= 4 is 5.96 Å². The zero-order valence-electron chi connectivity index (χ0n) is 15.1. The Hall–Kier alpha value is -1.07. The van der Waals surface area contributed by atoms with Crippen LogP contribution in [0.2, 0.25) is 0 Å². The van der Waals surface area contributed by atoms with E-state index in [2.05, 4.69) is 41.0 Å². The summed E-state index contributed by atoms with van der Waals surface area (Å²) in [5.74, 6) is 0.919. The third kappa shape index (κ3) is 5.21. The van der Waals surface area contributed by atoms with Crippen LogP contribution in [0.5, 0.6) is 0 Å². The van der Waals surface area contributed by atoms with Crippen LogP contribution in [0.15, 0.2) is 17.6 Å². The molecule has 0 saturated carbocycles. The van der Waals surface area contributed by atoms with Crippen molar-refractivity contribution in [3.8, 4) is 0 Å². The predicted molar refractivity (Wildman–Crippen MR) is 99.1 cm³/mol. The number of nitrogens with one attached hydrogen (secondary N) is 2. The summed E-state index contributed by atoms with van der Waals surface area (Å²) in [6.45, 7) is 13.3. The maximum atomic E-state index is 4.93. The van der Waals surface area contributed by atoms with Crippen molar-refractivity contribution in [2.45, 2.75) is 44.6 Å². The molecule has 2 saturated heterocycles. The van der Waals surface area contributed by atoms with E-state index in [-0.39, 0.29) is 5.54 Å². The topological polar surface area (TPSA) is 42.9 Å². The van der Waals surface area contributed by atoms with Crippen LogP contribution in [0.25, 0.3) is 0 Å². The first kappa shape index (κ1) is 18.3. The van der Waals surface area contributed by atoms with Gasteiger partial charge in [-0.3, -0.25) is 9.89 Å². The highest BCUT2D eigenvalue weighted by atomic mass is 15.3. The molecule has 0 unspecified atom stereocenters. The predicted octanol–water partition coefficient (Wildman–Crippen LogP) is 1.68. The molecule has 0 atom stereocenters. The van der Waals surface area contributed by atoms with Crippen LogP contribution in [-0.4, -0.2) is 74.2 Å². The highest BCUT2D eigenvalue weighted by Gasteiger charge is 2.39. The van der Waals surface area contributed by atoms with Crippen LogP contribution in [0.4, 0.5) is 0 Å². The van der Waals surface area contributed by atoms with Crippen molar-refractivity contribution in [1.82, 2.24) is 20.4 Å². The van der Waals surface area contributed by atoms with Crippen LogP contribution in [0.3, 0.4) is 0 Å². The van der Waals surface area contributed by atoms with Crippen molar-refractivity contribution in [1.29, 1.82) is 0 Å². The summed E-state index contributed by atoms with van der Waals surface area (Å²) in [7, 11) is 2.24. The lowest BCUT2D eigenvalue weighted by molar-refractivity contribution is 0.0208. The van der Waals surface area contributed by atoms with Gasteiger partial charge in [0.25, 0.3) is 0 Å². The minimum absolute atomic E-state index is 0.253. The molecule has 0 spiro atoms. The Morgan fingerprint density at radius 3 is 2.43 bits per heavy atom. The fraction of sp³-hybridized carbons (Fsp3) is 0.833. The second-order valence-corrected chi connectivity index (χ2v) is 6.94. The maximum absolute atomic E-state index is 4.93. The Bertz CT molecular complexity index is 379. The van der Waals surface area contributed by atoms with E-state index in [4.69, 9.17) is 4.99 Å². The quantitative estimate of drug-likeness (QED) is 0.444. The van der Waals surface area contributed by atoms with Crippen molar-refractivity contribution in [3.05, 3.63) is 12.7 Å². The van der Waals surface area contributed by atoms with Crippen LogP contribution in [0, 0.1) is 0 Å². The second kappa shape index (κ2) is 9.28. The van der Waals surface area contributed by atoms with Gasteiger partial charge in [-0.15, -0.1) is 6.58 Å². The molecule has 2 aliphatic heterocycles. The monoisotopic (exact) mass is 321 g/mol. The van der Waals surface area contributed by atoms with E-state index < -0.39 is 0 Å². The van der Waals surface area contributed by atoms with Gasteiger partial charge in [-0.05, 0) is 65.8 Å². The lowest BCUT2D eigenvalue weighted by Crippen LogP contribution is -2.58. The minimum atomic E-state index is 0.253. The van der Waals surface area contributed by atoms with Crippen molar-refractivity contribution in [3.63, 3.8) is 0 Å². The first-order valence-corrected chi connectivity index (χ1v) is 9.27. The Kier molecular flexibility index (Phi) is 7.37. The van der Waals surface area contributed by atoms with Gasteiger partial charge in [0.15, 0.2) is 5.96 Å². The number of hydrogen-bond acceptors (Lipinski definition) is 3. The fourth-order valence-corrected chi connectivity index (χ4v) is 3.71. The third-order valence-electron chi connectivity index (χ3n) is 5.23. The number of hydrogen-bond donors (Lipinski definition) is 2. The van der Waals surface area contributed by atoms with Crippen molar-refractivity contribution in [2.24, 2.45) is 4.99 Å². The molecule has 132 valence electrons. The Labute approximate surface area is 142 Å². The summed E-state index contributed by atoms with van der Waals surface area (Å²) in [6.07, 6.45) is 8.41. The molecule has 0 amide bonds. The molecule has 5 heteroatoms. The van der Waals surface area contributed by atoms with E-state index in [1.807, 2.05) is 6.08 Å². The van der Waals surface area contributed by atoms with Crippen LogP contribution < -0.4 is 10.6 Å². The Morgan fingerprint density at radius 1 is 1.13 bits per heavy atom. The third-order valence-corrected chi connectivity index (χ3v) is 5.23. The molecule has 0 bridgehead atoms. The maximum Gasteiger partial charge on any atom is 0.191 e. The van der Waals surface area contributed by atoms with Gasteiger partial charge in [-0.2, -0.15) is 0 Å². The van der Waals surface area contributed by atoms with Gasteiger partial charge in [0, 0.05) is 18.6 Å². The molecule has 0 aromatic rings. The SMILES string of the molecule is C=CCNC(=NCC1(N2CCCCC2)CCN(C)CC1)NCC. The first-order valence-electron chi connectivity index (χ1n) is 9.27. The molecule has 2 heterocycles. The van der Waals surface area contributed by atoms with Gasteiger partial charge in [0.1, 0.15) is 0 Å². The molecule has 2 rings (SSSR count). The molecule has 5 nitrogen and oxygen atoms in total. The van der Waals surface area contributed by atoms with Crippen molar-refractivity contribution < 1.29 is 0 Å². The smallest absolute Gasteiger partial charge is 0.191 e. The van der Waals surface area contributed by atoms with Gasteiger partial charge < -0.3 is 15.5 Å². The fourth-order valence-electron chi connectivity index (χ4n) is 3.71. The van der Waals surface area contributed by atoms with E-state index in [1.165, 1.54) is 58.3 Å². The standard InChI is InChI=1S/C18H35N5/c1-4-11-20-17(19-5-2)21-16-18(9-14-22(3)15-10-18)23-12-7-6-8-13-23/h4H,1,5-16H2,2-3H3,(H2,19,20,21). The number of guanidine groups is 1. The zero-order valence-corrected chi connectivity index (χ0v) is 15.1. The zero-order chi connectivity index (χ0) is 16.5. The number of likely N-dealkylation sites (tertiary alicyclic amines) is 2. The summed E-state index contributed by atoms with van der Waals surface area (Å²) in [4.78, 5) is 10.1. The summed E-state index contributed by atoms with van der Waals surface area (Å²) in [5.41, 5.74) is 0.253. The molecule has 0 aromatic carbocycles. The van der Waals surface area contributed by atoms with Crippen molar-refractivity contribution in [2.75, 3.05) is 52.9 Å². The highest BCUT2D eigenvalue weighted by Crippen LogP contribution is 2.31. The molecular weight excluding hydrogens is 286 g/mol. The Morgan fingerprint density at radius 2 is 1.83 bits per heavy atom. The van der Waals surface area contributed by atoms with Crippen LogP contribution in [0.1, 0.15) is 39.0 Å². The van der Waals surface area contributed by atoms with E-state index >= 15 is 0 Å². The summed E-state index contributed by atoms with van der Waals surface area (Å²) >= 11 is 0. The van der Waals surface area contributed by atoms with Crippen LogP contribution in [-0.2, 0) is 0 Å². The van der Waals surface area contributed by atoms with E-state index in [0.717, 1.165) is 25.6 Å². The number of rotatable bonds is 6. The normalized spacial score (nSPS) is 23.5. The van der Waals surface area contributed by atoms with E-state index in [0.29, 0.717) is 0 Å². The molecule has 0 radical (unpaired) electrons. The summed E-state index contributed by atoms with van der Waals surface area (Å²) in [5, 5.41) is 6.68. The number of aliphatic imine (C=N–C) groups is 1. The highest BCUT2D eigenvalue weighted by molar-refractivity contribution is 5.79. The van der Waals surface area contributed by atoms with E-state index in [9.17, 15) is 0 Å². The molecule has 2 N–H and O–H groups in total. The Balaban J connectivity index is 2.07. The average Bonchev–Trinajstić information content (AvgIpc) is 2.60. The average molecular weight is 322 g/mol. The lowest BCUT2D eigenvalue weighted by Gasteiger charge is -2.49. The largest absolute Gasteiger partial charge is 0.357 e. The van der Waals surface area contributed by atoms with Gasteiger partial charge in [0.2, 0.25) is 0 Å². The van der Waals surface area contributed by atoms with E-state index in [1.54, 1.807) is 0 Å². The molecule has 0 aliphatic carbocycles. The summed E-state index contributed by atoms with van der Waals surface area (Å²) < 4.78 is 0. The second-order valence-electron chi connectivity index (χ2n) is 6.94. The molecule has 0 aromatic heterocycles. The molecular formula is C18H35N5. The van der Waals surface area contributed by atoms with Gasteiger partial charge >= 0.3 is 0 Å². The van der Waals surface area contributed by atoms with Gasteiger partial charge in [0.05, 0.1) is 6.54 Å². The minimum Gasteiger partial charge on any atom is -0.357 e.